The highest BCUT2D eigenvalue weighted by atomic mass is 14.7. The predicted molar refractivity (Wildman–Crippen MR) is 47.4 cm³/mol. The Balaban J connectivity index is 4.23. The maximum atomic E-state index is 4.15. The Morgan fingerprint density at radius 1 is 1.50 bits per heavy atom. The molecule has 0 saturated heterocycles. The molecule has 0 aliphatic carbocycles. The normalized spacial score (nSPS) is 12.5. The first-order chi connectivity index (χ1) is 4.76. The van der Waals surface area contributed by atoms with Gasteiger partial charge >= 0.3 is 0 Å². The van der Waals surface area contributed by atoms with Gasteiger partial charge in [-0.2, -0.15) is 0 Å². The van der Waals surface area contributed by atoms with E-state index in [0.717, 1.165) is 17.7 Å². The molecule has 0 spiro atoms. The first-order valence-corrected chi connectivity index (χ1v) is 3.59. The summed E-state index contributed by atoms with van der Waals surface area (Å²) >= 11 is 0. The van der Waals surface area contributed by atoms with E-state index in [1.807, 2.05) is 19.9 Å². The first kappa shape index (κ1) is 9.15. The van der Waals surface area contributed by atoms with Crippen LogP contribution >= 0.6 is 0 Å². The van der Waals surface area contributed by atoms with E-state index in [0.29, 0.717) is 0 Å². The van der Waals surface area contributed by atoms with Gasteiger partial charge in [-0.05, 0) is 25.8 Å². The third-order valence-electron chi connectivity index (χ3n) is 1.33. The van der Waals surface area contributed by atoms with Crippen LogP contribution in [0.25, 0.3) is 0 Å². The van der Waals surface area contributed by atoms with Crippen LogP contribution in [0.15, 0.2) is 28.9 Å². The second kappa shape index (κ2) is 4.98. The van der Waals surface area contributed by atoms with Gasteiger partial charge in [-0.25, -0.2) is 0 Å². The molecule has 0 unspecified atom stereocenters. The monoisotopic (exact) mass is 137 g/mol. The molecule has 0 aromatic heterocycles. The molecular formula is C9H15N. The van der Waals surface area contributed by atoms with Crippen molar-refractivity contribution in [1.29, 1.82) is 0 Å². The molecule has 1 nitrogen and oxygen atoms in total. The van der Waals surface area contributed by atoms with Gasteiger partial charge in [0.15, 0.2) is 0 Å². The van der Waals surface area contributed by atoms with Crippen molar-refractivity contribution in [2.75, 3.05) is 0 Å². The Morgan fingerprint density at radius 2 is 2.10 bits per heavy atom. The van der Waals surface area contributed by atoms with Crippen molar-refractivity contribution in [3.8, 4) is 0 Å². The number of rotatable bonds is 3. The fourth-order valence-corrected chi connectivity index (χ4v) is 0.690. The number of allylic oxidation sites excluding steroid dienone is 2. The van der Waals surface area contributed by atoms with E-state index in [1.165, 1.54) is 0 Å². The Bertz CT molecular complexity index is 164. The molecule has 0 amide bonds. The molecule has 0 rings (SSSR count). The molecule has 0 bridgehead atoms. The third-order valence-corrected chi connectivity index (χ3v) is 1.33. The molecular weight excluding hydrogens is 122 g/mol. The number of nitrogens with zero attached hydrogens (tertiary/aromatic N) is 1. The Morgan fingerprint density at radius 3 is 2.40 bits per heavy atom. The van der Waals surface area contributed by atoms with Gasteiger partial charge in [-0.1, -0.05) is 19.6 Å². The van der Waals surface area contributed by atoms with Crippen LogP contribution in [0.1, 0.15) is 27.2 Å². The van der Waals surface area contributed by atoms with Gasteiger partial charge in [0.1, 0.15) is 0 Å². The molecule has 0 fully saturated rings. The molecule has 0 aromatic carbocycles. The summed E-state index contributed by atoms with van der Waals surface area (Å²) in [5.74, 6) is 0. The van der Waals surface area contributed by atoms with Crippen molar-refractivity contribution >= 4 is 6.21 Å². The van der Waals surface area contributed by atoms with Gasteiger partial charge in [0.05, 0.1) is 5.70 Å². The minimum absolute atomic E-state index is 0.969. The molecule has 0 saturated carbocycles. The predicted octanol–water partition coefficient (Wildman–Crippen LogP) is 2.95. The summed E-state index contributed by atoms with van der Waals surface area (Å²) < 4.78 is 0. The lowest BCUT2D eigenvalue weighted by Crippen LogP contribution is -1.82. The van der Waals surface area contributed by atoms with Gasteiger partial charge < -0.3 is 0 Å². The fourth-order valence-electron chi connectivity index (χ4n) is 0.690. The van der Waals surface area contributed by atoms with Crippen molar-refractivity contribution in [3.63, 3.8) is 0 Å². The lowest BCUT2D eigenvalue weighted by Gasteiger charge is -1.99. The topological polar surface area (TPSA) is 12.4 Å². The third kappa shape index (κ3) is 2.62. The zero-order valence-electron chi connectivity index (χ0n) is 7.02. The van der Waals surface area contributed by atoms with E-state index in [1.54, 1.807) is 6.21 Å². The highest BCUT2D eigenvalue weighted by Gasteiger charge is 1.93. The van der Waals surface area contributed by atoms with Crippen LogP contribution < -0.4 is 0 Å². The molecule has 0 N–H and O–H groups in total. The lowest BCUT2D eigenvalue weighted by molar-refractivity contribution is 1.09. The smallest absolute Gasteiger partial charge is 0.0608 e. The van der Waals surface area contributed by atoms with E-state index in [9.17, 15) is 0 Å². The maximum Gasteiger partial charge on any atom is 0.0608 e. The van der Waals surface area contributed by atoms with Crippen LogP contribution in [0, 0.1) is 0 Å². The van der Waals surface area contributed by atoms with Crippen LogP contribution in [0.3, 0.4) is 0 Å². The number of hydrogen-bond acceptors (Lipinski definition) is 1. The van der Waals surface area contributed by atoms with Gasteiger partial charge in [0, 0.05) is 6.21 Å². The standard InChI is InChI=1S/C9H15N/c1-5-8(4)9(6-2)10-7-3/h6-7H,4-5H2,1-3H3. The van der Waals surface area contributed by atoms with E-state index >= 15 is 0 Å². The van der Waals surface area contributed by atoms with Gasteiger partial charge in [0.2, 0.25) is 0 Å². The Labute approximate surface area is 63.2 Å². The van der Waals surface area contributed by atoms with Crippen molar-refractivity contribution in [1.82, 2.24) is 0 Å². The van der Waals surface area contributed by atoms with E-state index in [-0.39, 0.29) is 0 Å². The van der Waals surface area contributed by atoms with Crippen molar-refractivity contribution < 1.29 is 0 Å². The van der Waals surface area contributed by atoms with Gasteiger partial charge in [0.25, 0.3) is 0 Å². The summed E-state index contributed by atoms with van der Waals surface area (Å²) in [6, 6.07) is 0. The SMILES string of the molecule is C=C(CC)C(=CC)N=CC. The minimum Gasteiger partial charge on any atom is -0.262 e. The molecule has 0 aliphatic rings. The van der Waals surface area contributed by atoms with E-state index < -0.39 is 0 Å². The molecule has 0 atom stereocenters. The second-order valence-electron chi connectivity index (χ2n) is 2.02. The summed E-state index contributed by atoms with van der Waals surface area (Å²) in [5, 5.41) is 0. The van der Waals surface area contributed by atoms with Gasteiger partial charge in [-0.15, -0.1) is 0 Å². The lowest BCUT2D eigenvalue weighted by atomic mass is 10.2. The Kier molecular flexibility index (Phi) is 4.55. The van der Waals surface area contributed by atoms with Crippen LogP contribution in [0.5, 0.6) is 0 Å². The Hall–Kier alpha value is -0.850. The van der Waals surface area contributed by atoms with E-state index in [4.69, 9.17) is 0 Å². The van der Waals surface area contributed by atoms with Crippen LogP contribution in [0.2, 0.25) is 0 Å². The summed E-state index contributed by atoms with van der Waals surface area (Å²) in [6.07, 6.45) is 4.74. The highest BCUT2D eigenvalue weighted by molar-refractivity contribution is 5.56. The van der Waals surface area contributed by atoms with Crippen LogP contribution in [-0.2, 0) is 0 Å². The summed E-state index contributed by atoms with van der Waals surface area (Å²) in [5.41, 5.74) is 2.10. The van der Waals surface area contributed by atoms with Crippen molar-refractivity contribution in [2.45, 2.75) is 27.2 Å². The number of aliphatic imine (C=N–C) groups is 1. The fraction of sp³-hybridized carbons (Fsp3) is 0.444. The quantitative estimate of drug-likeness (QED) is 0.419. The van der Waals surface area contributed by atoms with Gasteiger partial charge in [-0.3, -0.25) is 4.99 Å². The molecule has 0 heterocycles. The summed E-state index contributed by atoms with van der Waals surface area (Å²) in [6.45, 7) is 9.85. The second-order valence-corrected chi connectivity index (χ2v) is 2.02. The average molecular weight is 137 g/mol. The molecule has 10 heavy (non-hydrogen) atoms. The zero-order valence-corrected chi connectivity index (χ0v) is 7.02. The van der Waals surface area contributed by atoms with Crippen LogP contribution in [-0.4, -0.2) is 6.21 Å². The largest absolute Gasteiger partial charge is 0.262 e. The zero-order chi connectivity index (χ0) is 7.98. The van der Waals surface area contributed by atoms with Crippen LogP contribution in [0.4, 0.5) is 0 Å². The molecule has 0 aromatic rings. The summed E-state index contributed by atoms with van der Waals surface area (Å²) in [4.78, 5) is 4.15. The first-order valence-electron chi connectivity index (χ1n) is 3.59. The molecule has 56 valence electrons. The average Bonchev–Trinajstić information content (AvgIpc) is 1.99. The molecule has 0 radical (unpaired) electrons. The van der Waals surface area contributed by atoms with E-state index in [2.05, 4.69) is 18.5 Å². The summed E-state index contributed by atoms with van der Waals surface area (Å²) in [7, 11) is 0. The van der Waals surface area contributed by atoms with Crippen molar-refractivity contribution in [3.05, 3.63) is 23.9 Å². The minimum atomic E-state index is 0.969. The number of hydrogen-bond donors (Lipinski definition) is 0. The highest BCUT2D eigenvalue weighted by Crippen LogP contribution is 2.11. The van der Waals surface area contributed by atoms with Crippen molar-refractivity contribution in [2.24, 2.45) is 4.99 Å². The molecule has 0 aliphatic heterocycles. The maximum absolute atomic E-state index is 4.15. The molecule has 1 heteroatoms.